The van der Waals surface area contributed by atoms with Crippen LogP contribution in [0.4, 0.5) is 0 Å². The molecule has 1 N–H and O–H groups in total. The summed E-state index contributed by atoms with van der Waals surface area (Å²) in [7, 11) is 2.12. The van der Waals surface area contributed by atoms with Crippen LogP contribution in [0.15, 0.2) is 60.8 Å². The highest BCUT2D eigenvalue weighted by Crippen LogP contribution is 2.25. The van der Waals surface area contributed by atoms with Crippen molar-refractivity contribution in [2.45, 2.75) is 25.8 Å². The van der Waals surface area contributed by atoms with Crippen molar-refractivity contribution in [1.82, 2.24) is 20.0 Å². The summed E-state index contributed by atoms with van der Waals surface area (Å²) in [5.74, 6) is -0.0488. The normalized spacial score (nSPS) is 15.5. The Bertz CT molecular complexity index is 938. The first kappa shape index (κ1) is 18.4. The number of nitrogens with zero attached hydrogens (tertiary/aromatic N) is 3. The van der Waals surface area contributed by atoms with E-state index in [-0.39, 0.29) is 11.9 Å². The maximum Gasteiger partial charge on any atom is 0.255 e. The summed E-state index contributed by atoms with van der Waals surface area (Å²) in [4.78, 5) is 15.4. The van der Waals surface area contributed by atoms with Crippen LogP contribution in [0.1, 0.15) is 28.8 Å². The Morgan fingerprint density at radius 3 is 2.39 bits per heavy atom. The first-order valence-corrected chi connectivity index (χ1v) is 9.82. The van der Waals surface area contributed by atoms with E-state index in [2.05, 4.69) is 36.3 Å². The van der Waals surface area contributed by atoms with Crippen LogP contribution in [0.25, 0.3) is 16.9 Å². The SMILES string of the molecule is Cc1ccc(-c2nn(-c3ccccc3)cc2C(=O)NC2CCN(C)CC2)cc1. The fraction of sp³-hybridized carbons (Fsp3) is 0.304. The van der Waals surface area contributed by atoms with E-state index in [1.165, 1.54) is 5.56 Å². The molecular formula is C23H26N4O. The van der Waals surface area contributed by atoms with Gasteiger partial charge in [0.2, 0.25) is 0 Å². The number of hydrogen-bond donors (Lipinski definition) is 1. The van der Waals surface area contributed by atoms with Crippen molar-refractivity contribution in [2.75, 3.05) is 20.1 Å². The van der Waals surface area contributed by atoms with E-state index < -0.39 is 0 Å². The summed E-state index contributed by atoms with van der Waals surface area (Å²) in [6.07, 6.45) is 3.80. The fourth-order valence-electron chi connectivity index (χ4n) is 3.59. The molecule has 0 saturated carbocycles. The molecule has 4 rings (SSSR count). The van der Waals surface area contributed by atoms with E-state index in [4.69, 9.17) is 5.10 Å². The van der Waals surface area contributed by atoms with Crippen molar-refractivity contribution >= 4 is 5.91 Å². The molecule has 0 radical (unpaired) electrons. The van der Waals surface area contributed by atoms with Gasteiger partial charge in [-0.3, -0.25) is 4.79 Å². The van der Waals surface area contributed by atoms with Gasteiger partial charge in [0.1, 0.15) is 5.69 Å². The van der Waals surface area contributed by atoms with Crippen molar-refractivity contribution < 1.29 is 4.79 Å². The number of piperidine rings is 1. The molecular weight excluding hydrogens is 348 g/mol. The molecule has 0 atom stereocenters. The number of amides is 1. The predicted octanol–water partition coefficient (Wildman–Crippen LogP) is 3.67. The lowest BCUT2D eigenvalue weighted by atomic mass is 10.0. The molecule has 1 aromatic heterocycles. The molecule has 1 aliphatic rings. The van der Waals surface area contributed by atoms with E-state index in [1.54, 1.807) is 4.68 Å². The molecule has 2 heterocycles. The average Bonchev–Trinajstić information content (AvgIpc) is 3.17. The van der Waals surface area contributed by atoms with Gasteiger partial charge in [-0.2, -0.15) is 5.10 Å². The molecule has 0 aliphatic carbocycles. The molecule has 144 valence electrons. The van der Waals surface area contributed by atoms with Gasteiger partial charge >= 0.3 is 0 Å². The third-order valence-electron chi connectivity index (χ3n) is 5.36. The summed E-state index contributed by atoms with van der Waals surface area (Å²) in [6.45, 7) is 4.08. The van der Waals surface area contributed by atoms with Crippen molar-refractivity contribution in [1.29, 1.82) is 0 Å². The average molecular weight is 374 g/mol. The summed E-state index contributed by atoms with van der Waals surface area (Å²) >= 11 is 0. The summed E-state index contributed by atoms with van der Waals surface area (Å²) in [5, 5.41) is 7.98. The highest BCUT2D eigenvalue weighted by Gasteiger charge is 2.23. The van der Waals surface area contributed by atoms with E-state index in [0.29, 0.717) is 11.3 Å². The zero-order valence-corrected chi connectivity index (χ0v) is 16.4. The Labute approximate surface area is 166 Å². The predicted molar refractivity (Wildman–Crippen MR) is 112 cm³/mol. The molecule has 2 aromatic carbocycles. The molecule has 3 aromatic rings. The monoisotopic (exact) mass is 374 g/mol. The van der Waals surface area contributed by atoms with Crippen LogP contribution < -0.4 is 5.32 Å². The Morgan fingerprint density at radius 2 is 1.71 bits per heavy atom. The summed E-state index contributed by atoms with van der Waals surface area (Å²) in [6, 6.07) is 18.3. The number of nitrogens with one attached hydrogen (secondary N) is 1. The van der Waals surface area contributed by atoms with E-state index in [0.717, 1.165) is 37.2 Å². The number of carbonyl (C=O) groups excluding carboxylic acids is 1. The van der Waals surface area contributed by atoms with Gasteiger partial charge in [0.15, 0.2) is 0 Å². The molecule has 0 bridgehead atoms. The smallest absolute Gasteiger partial charge is 0.255 e. The maximum absolute atomic E-state index is 13.1. The van der Waals surface area contributed by atoms with Gasteiger partial charge in [-0.1, -0.05) is 48.0 Å². The third kappa shape index (κ3) is 3.99. The Balaban J connectivity index is 1.67. The van der Waals surface area contributed by atoms with Crippen LogP contribution in [0.5, 0.6) is 0 Å². The van der Waals surface area contributed by atoms with Crippen molar-refractivity contribution in [3.05, 3.63) is 71.9 Å². The lowest BCUT2D eigenvalue weighted by molar-refractivity contribution is 0.0917. The maximum atomic E-state index is 13.1. The van der Waals surface area contributed by atoms with Gasteiger partial charge in [-0.25, -0.2) is 4.68 Å². The number of rotatable bonds is 4. The van der Waals surface area contributed by atoms with Crippen LogP contribution in [0, 0.1) is 6.92 Å². The Hall–Kier alpha value is -2.92. The first-order chi connectivity index (χ1) is 13.6. The third-order valence-corrected chi connectivity index (χ3v) is 5.36. The highest BCUT2D eigenvalue weighted by molar-refractivity contribution is 6.00. The number of benzene rings is 2. The second-order valence-electron chi connectivity index (χ2n) is 7.59. The molecule has 0 unspecified atom stereocenters. The molecule has 1 amide bonds. The lowest BCUT2D eigenvalue weighted by Crippen LogP contribution is -2.43. The number of para-hydroxylation sites is 1. The molecule has 0 spiro atoms. The number of likely N-dealkylation sites (tertiary alicyclic amines) is 1. The van der Waals surface area contributed by atoms with Gasteiger partial charge in [-0.05, 0) is 52.0 Å². The van der Waals surface area contributed by atoms with E-state index in [1.807, 2.05) is 48.7 Å². The standard InChI is InChI=1S/C23H26N4O/c1-17-8-10-18(11-9-17)22-21(16-27(25-22)20-6-4-3-5-7-20)23(28)24-19-12-14-26(2)15-13-19/h3-11,16,19H,12-15H2,1-2H3,(H,24,28). The Kier molecular flexibility index (Phi) is 5.26. The van der Waals surface area contributed by atoms with Gasteiger partial charge in [-0.15, -0.1) is 0 Å². The van der Waals surface area contributed by atoms with E-state index >= 15 is 0 Å². The molecule has 5 nitrogen and oxygen atoms in total. The van der Waals surface area contributed by atoms with Crippen LogP contribution in [0.2, 0.25) is 0 Å². The van der Waals surface area contributed by atoms with Crippen LogP contribution in [-0.2, 0) is 0 Å². The largest absolute Gasteiger partial charge is 0.349 e. The van der Waals surface area contributed by atoms with Crippen LogP contribution in [-0.4, -0.2) is 46.8 Å². The molecule has 1 fully saturated rings. The van der Waals surface area contributed by atoms with Crippen molar-refractivity contribution in [2.24, 2.45) is 0 Å². The number of aryl methyl sites for hydroxylation is 1. The zero-order valence-electron chi connectivity index (χ0n) is 16.4. The molecule has 5 heteroatoms. The quantitative estimate of drug-likeness (QED) is 0.758. The summed E-state index contributed by atoms with van der Waals surface area (Å²) < 4.78 is 1.79. The van der Waals surface area contributed by atoms with E-state index in [9.17, 15) is 4.79 Å². The topological polar surface area (TPSA) is 50.2 Å². The highest BCUT2D eigenvalue weighted by atomic mass is 16.1. The second-order valence-corrected chi connectivity index (χ2v) is 7.59. The second kappa shape index (κ2) is 7.98. The number of carbonyl (C=O) groups is 1. The summed E-state index contributed by atoms with van der Waals surface area (Å²) in [5.41, 5.74) is 4.41. The van der Waals surface area contributed by atoms with Gasteiger partial charge in [0.25, 0.3) is 5.91 Å². The minimum atomic E-state index is -0.0488. The lowest BCUT2D eigenvalue weighted by Gasteiger charge is -2.29. The number of hydrogen-bond acceptors (Lipinski definition) is 3. The van der Waals surface area contributed by atoms with Crippen LogP contribution >= 0.6 is 0 Å². The van der Waals surface area contributed by atoms with Gasteiger partial charge < -0.3 is 10.2 Å². The Morgan fingerprint density at radius 1 is 1.04 bits per heavy atom. The molecule has 1 saturated heterocycles. The van der Waals surface area contributed by atoms with Gasteiger partial charge in [0, 0.05) is 17.8 Å². The van der Waals surface area contributed by atoms with Gasteiger partial charge in [0.05, 0.1) is 11.3 Å². The molecule has 1 aliphatic heterocycles. The zero-order chi connectivity index (χ0) is 19.5. The first-order valence-electron chi connectivity index (χ1n) is 9.82. The van der Waals surface area contributed by atoms with Crippen molar-refractivity contribution in [3.8, 4) is 16.9 Å². The number of aromatic nitrogens is 2. The minimum Gasteiger partial charge on any atom is -0.349 e. The molecule has 28 heavy (non-hydrogen) atoms. The minimum absolute atomic E-state index is 0.0488. The van der Waals surface area contributed by atoms with Crippen molar-refractivity contribution in [3.63, 3.8) is 0 Å². The fourth-order valence-corrected chi connectivity index (χ4v) is 3.59. The van der Waals surface area contributed by atoms with Crippen LogP contribution in [0.3, 0.4) is 0 Å².